The van der Waals surface area contributed by atoms with Gasteiger partial charge in [0.25, 0.3) is 5.91 Å². The zero-order valence-corrected chi connectivity index (χ0v) is 12.5. The number of carbonyl (C=O) groups is 1. The maximum absolute atomic E-state index is 12.2. The van der Waals surface area contributed by atoms with E-state index >= 15 is 0 Å². The SMILES string of the molecule is Cc1cc(C(=O)Nc2ccc(Cl)c(C#CCN)c2)n(C)n1. The van der Waals surface area contributed by atoms with Crippen LogP contribution in [0.15, 0.2) is 24.3 Å². The van der Waals surface area contributed by atoms with E-state index in [4.69, 9.17) is 17.3 Å². The zero-order valence-electron chi connectivity index (χ0n) is 11.8. The molecule has 1 aromatic carbocycles. The fraction of sp³-hybridized carbons (Fsp3) is 0.200. The Morgan fingerprint density at radius 3 is 2.86 bits per heavy atom. The van der Waals surface area contributed by atoms with Crippen molar-refractivity contribution in [3.05, 3.63) is 46.2 Å². The minimum absolute atomic E-state index is 0.238. The van der Waals surface area contributed by atoms with Crippen LogP contribution in [0.1, 0.15) is 21.7 Å². The van der Waals surface area contributed by atoms with E-state index in [2.05, 4.69) is 22.3 Å². The molecule has 0 aliphatic carbocycles. The number of amides is 1. The first kappa shape index (κ1) is 15.1. The van der Waals surface area contributed by atoms with Gasteiger partial charge in [-0.05, 0) is 31.2 Å². The summed E-state index contributed by atoms with van der Waals surface area (Å²) in [5.41, 5.74) is 7.85. The van der Waals surface area contributed by atoms with E-state index in [1.54, 1.807) is 31.3 Å². The molecule has 6 heteroatoms. The molecule has 0 bridgehead atoms. The molecule has 0 saturated carbocycles. The standard InChI is InChI=1S/C15H15ClN4O/c1-10-8-14(20(2)19-10)15(21)18-12-5-6-13(16)11(9-12)4-3-7-17/h5-6,8-9H,7,17H2,1-2H3,(H,18,21). The highest BCUT2D eigenvalue weighted by Crippen LogP contribution is 2.20. The van der Waals surface area contributed by atoms with Crippen LogP contribution in [-0.4, -0.2) is 22.2 Å². The predicted molar refractivity (Wildman–Crippen MR) is 83.3 cm³/mol. The molecule has 1 amide bonds. The van der Waals surface area contributed by atoms with Gasteiger partial charge in [0.2, 0.25) is 0 Å². The van der Waals surface area contributed by atoms with Crippen LogP contribution in [0.25, 0.3) is 0 Å². The van der Waals surface area contributed by atoms with Crippen LogP contribution in [0.4, 0.5) is 5.69 Å². The summed E-state index contributed by atoms with van der Waals surface area (Å²) in [5.74, 6) is 5.36. The Morgan fingerprint density at radius 1 is 1.48 bits per heavy atom. The van der Waals surface area contributed by atoms with Crippen molar-refractivity contribution in [2.45, 2.75) is 6.92 Å². The molecule has 0 unspecified atom stereocenters. The van der Waals surface area contributed by atoms with Gasteiger partial charge in [-0.2, -0.15) is 5.10 Å². The van der Waals surface area contributed by atoms with Gasteiger partial charge in [0.1, 0.15) is 5.69 Å². The molecule has 0 aliphatic heterocycles. The molecule has 2 aromatic rings. The third-order valence-corrected chi connectivity index (χ3v) is 3.11. The van der Waals surface area contributed by atoms with Crippen LogP contribution in [0.3, 0.4) is 0 Å². The lowest BCUT2D eigenvalue weighted by Crippen LogP contribution is -2.16. The molecule has 0 atom stereocenters. The molecule has 21 heavy (non-hydrogen) atoms. The van der Waals surface area contributed by atoms with Crippen LogP contribution in [-0.2, 0) is 7.05 Å². The second kappa shape index (κ2) is 6.44. The number of nitrogens with zero attached hydrogens (tertiary/aromatic N) is 2. The van der Waals surface area contributed by atoms with Crippen molar-refractivity contribution in [2.24, 2.45) is 12.8 Å². The first-order valence-electron chi connectivity index (χ1n) is 6.31. The molecule has 1 aromatic heterocycles. The van der Waals surface area contributed by atoms with Gasteiger partial charge >= 0.3 is 0 Å². The van der Waals surface area contributed by atoms with Gasteiger partial charge in [-0.3, -0.25) is 9.48 Å². The van der Waals surface area contributed by atoms with Crippen LogP contribution in [0.2, 0.25) is 5.02 Å². The lowest BCUT2D eigenvalue weighted by molar-refractivity contribution is 0.101. The smallest absolute Gasteiger partial charge is 0.273 e. The Morgan fingerprint density at radius 2 is 2.24 bits per heavy atom. The molecule has 0 aliphatic rings. The monoisotopic (exact) mass is 302 g/mol. The highest BCUT2D eigenvalue weighted by Gasteiger charge is 2.12. The van der Waals surface area contributed by atoms with Gasteiger partial charge in [-0.15, -0.1) is 0 Å². The van der Waals surface area contributed by atoms with E-state index in [-0.39, 0.29) is 12.5 Å². The summed E-state index contributed by atoms with van der Waals surface area (Å²) < 4.78 is 1.54. The average Bonchev–Trinajstić information content (AvgIpc) is 2.78. The number of hydrogen-bond donors (Lipinski definition) is 2. The maximum Gasteiger partial charge on any atom is 0.273 e. The molecule has 0 fully saturated rings. The first-order valence-corrected chi connectivity index (χ1v) is 6.69. The molecule has 108 valence electrons. The number of rotatable bonds is 2. The number of benzene rings is 1. The van der Waals surface area contributed by atoms with E-state index in [1.165, 1.54) is 4.68 Å². The summed E-state index contributed by atoms with van der Waals surface area (Å²) in [4.78, 5) is 12.2. The highest BCUT2D eigenvalue weighted by atomic mass is 35.5. The first-order chi connectivity index (χ1) is 10.0. The summed E-state index contributed by atoms with van der Waals surface area (Å²) in [6, 6.07) is 6.84. The Labute approximate surface area is 128 Å². The number of carbonyl (C=O) groups excluding carboxylic acids is 1. The van der Waals surface area contributed by atoms with Crippen LogP contribution >= 0.6 is 11.6 Å². The van der Waals surface area contributed by atoms with E-state index in [0.29, 0.717) is 22.0 Å². The molecule has 0 saturated heterocycles. The number of halogens is 1. The molecule has 2 rings (SSSR count). The number of nitrogens with two attached hydrogens (primary N) is 1. The predicted octanol–water partition coefficient (Wildman–Crippen LogP) is 1.94. The molecule has 5 nitrogen and oxygen atoms in total. The number of aryl methyl sites for hydroxylation is 2. The quantitative estimate of drug-likeness (QED) is 0.833. The fourth-order valence-corrected chi connectivity index (χ4v) is 2.03. The summed E-state index contributed by atoms with van der Waals surface area (Å²) in [5, 5.41) is 7.46. The summed E-state index contributed by atoms with van der Waals surface area (Å²) in [7, 11) is 1.72. The Hall–Kier alpha value is -2.29. The van der Waals surface area contributed by atoms with Crippen molar-refractivity contribution < 1.29 is 4.79 Å². The Bertz CT molecular complexity index is 740. The molecular formula is C15H15ClN4O. The van der Waals surface area contributed by atoms with E-state index in [0.717, 1.165) is 5.69 Å². The normalized spacial score (nSPS) is 9.90. The highest BCUT2D eigenvalue weighted by molar-refractivity contribution is 6.31. The summed E-state index contributed by atoms with van der Waals surface area (Å²) in [6.45, 7) is 2.08. The lowest BCUT2D eigenvalue weighted by Gasteiger charge is -2.06. The number of nitrogens with one attached hydrogen (secondary N) is 1. The minimum atomic E-state index is -0.238. The second-order valence-electron chi connectivity index (χ2n) is 4.45. The number of hydrogen-bond acceptors (Lipinski definition) is 3. The van der Waals surface area contributed by atoms with Crippen LogP contribution in [0, 0.1) is 18.8 Å². The number of anilines is 1. The molecular weight excluding hydrogens is 288 g/mol. The summed E-state index contributed by atoms with van der Waals surface area (Å²) >= 11 is 6.04. The largest absolute Gasteiger partial charge is 0.321 e. The van der Waals surface area contributed by atoms with Gasteiger partial charge in [0, 0.05) is 18.3 Å². The maximum atomic E-state index is 12.2. The van der Waals surface area contributed by atoms with Gasteiger partial charge in [0.15, 0.2) is 0 Å². The van der Waals surface area contributed by atoms with E-state index in [1.807, 2.05) is 6.92 Å². The van der Waals surface area contributed by atoms with E-state index in [9.17, 15) is 4.79 Å². The third-order valence-electron chi connectivity index (χ3n) is 2.78. The van der Waals surface area contributed by atoms with Crippen LogP contribution in [0.5, 0.6) is 0 Å². The zero-order chi connectivity index (χ0) is 15.4. The average molecular weight is 303 g/mol. The van der Waals surface area contributed by atoms with Crippen molar-refractivity contribution in [2.75, 3.05) is 11.9 Å². The topological polar surface area (TPSA) is 72.9 Å². The lowest BCUT2D eigenvalue weighted by atomic mass is 10.2. The molecule has 0 spiro atoms. The third kappa shape index (κ3) is 3.63. The molecule has 0 radical (unpaired) electrons. The van der Waals surface area contributed by atoms with Crippen molar-refractivity contribution in [3.63, 3.8) is 0 Å². The van der Waals surface area contributed by atoms with Crippen LogP contribution < -0.4 is 11.1 Å². The van der Waals surface area contributed by atoms with Gasteiger partial charge in [0.05, 0.1) is 17.3 Å². The number of aromatic nitrogens is 2. The van der Waals surface area contributed by atoms with Crippen molar-refractivity contribution >= 4 is 23.2 Å². The van der Waals surface area contributed by atoms with Gasteiger partial charge < -0.3 is 11.1 Å². The van der Waals surface area contributed by atoms with E-state index < -0.39 is 0 Å². The molecule has 1 heterocycles. The van der Waals surface area contributed by atoms with Gasteiger partial charge in [-0.1, -0.05) is 23.4 Å². The minimum Gasteiger partial charge on any atom is -0.321 e. The van der Waals surface area contributed by atoms with Gasteiger partial charge in [-0.25, -0.2) is 0 Å². The Kier molecular flexibility index (Phi) is 4.63. The second-order valence-corrected chi connectivity index (χ2v) is 4.86. The molecule has 3 N–H and O–H groups in total. The summed E-state index contributed by atoms with van der Waals surface area (Å²) in [6.07, 6.45) is 0. The van der Waals surface area contributed by atoms with Crippen molar-refractivity contribution in [1.82, 2.24) is 9.78 Å². The fourth-order valence-electron chi connectivity index (χ4n) is 1.86. The van der Waals surface area contributed by atoms with Crippen molar-refractivity contribution in [3.8, 4) is 11.8 Å². The Balaban J connectivity index is 2.23. The van der Waals surface area contributed by atoms with Crippen molar-refractivity contribution in [1.29, 1.82) is 0 Å².